The number of aromatic nitrogens is 2. The molecule has 0 N–H and O–H groups in total. The lowest BCUT2D eigenvalue weighted by Crippen LogP contribution is -2.43. The van der Waals surface area contributed by atoms with Gasteiger partial charge in [-0.3, -0.25) is 14.5 Å². The van der Waals surface area contributed by atoms with Gasteiger partial charge in [-0.15, -0.1) is 0 Å². The van der Waals surface area contributed by atoms with Crippen LogP contribution in [0.1, 0.15) is 31.1 Å². The van der Waals surface area contributed by atoms with Gasteiger partial charge in [-0.2, -0.15) is 13.2 Å². The van der Waals surface area contributed by atoms with Crippen molar-refractivity contribution < 1.29 is 32.1 Å². The molecule has 0 radical (unpaired) electrons. The number of nitrogens with zero attached hydrogens (tertiary/aromatic N) is 3. The number of rotatable bonds is 4. The van der Waals surface area contributed by atoms with Crippen molar-refractivity contribution in [3.8, 4) is 11.4 Å². The van der Waals surface area contributed by atoms with E-state index in [0.717, 1.165) is 6.20 Å². The number of carbonyl (C=O) groups is 2. The molecule has 1 aliphatic heterocycles. The van der Waals surface area contributed by atoms with Crippen LogP contribution in [-0.4, -0.2) is 53.6 Å². The summed E-state index contributed by atoms with van der Waals surface area (Å²) in [4.78, 5) is 28.9. The zero-order valence-corrected chi connectivity index (χ0v) is 16.8. The molecule has 2 heterocycles. The minimum Gasteiger partial charge on any atom is -0.498 e. The first-order chi connectivity index (χ1) is 14.0. The van der Waals surface area contributed by atoms with Crippen LogP contribution < -0.4 is 0 Å². The van der Waals surface area contributed by atoms with Crippen LogP contribution in [0.25, 0.3) is 11.4 Å². The molecule has 3 rings (SSSR count). The van der Waals surface area contributed by atoms with Crippen molar-refractivity contribution in [1.29, 1.82) is 0 Å². The van der Waals surface area contributed by atoms with Gasteiger partial charge >= 0.3 is 25.2 Å². The number of hydrogen-bond donors (Lipinski definition) is 0. The third kappa shape index (κ3) is 5.21. The summed E-state index contributed by atoms with van der Waals surface area (Å²) in [5.41, 5.74) is 0.252. The second kappa shape index (κ2) is 8.51. The van der Waals surface area contributed by atoms with Crippen molar-refractivity contribution >= 4 is 19.1 Å². The van der Waals surface area contributed by atoms with Crippen LogP contribution in [0.2, 0.25) is 0 Å². The highest BCUT2D eigenvalue weighted by molar-refractivity contribution is 6.48. The Morgan fingerprint density at radius 3 is 2.17 bits per heavy atom. The summed E-state index contributed by atoms with van der Waals surface area (Å²) in [5.74, 6) is -0.814. The van der Waals surface area contributed by atoms with E-state index in [0.29, 0.717) is 11.1 Å². The molecule has 160 valence electrons. The highest BCUT2D eigenvalue weighted by atomic mass is 19.4. The van der Waals surface area contributed by atoms with Gasteiger partial charge in [0, 0.05) is 24.1 Å². The van der Waals surface area contributed by atoms with E-state index in [1.807, 2.05) is 0 Å². The van der Waals surface area contributed by atoms with Crippen molar-refractivity contribution in [2.75, 3.05) is 20.1 Å². The number of carbonyl (C=O) groups excluding carboxylic acids is 2. The second-order valence-corrected chi connectivity index (χ2v) is 7.43. The number of imidazole rings is 1. The summed E-state index contributed by atoms with van der Waals surface area (Å²) >= 11 is 0. The van der Waals surface area contributed by atoms with Crippen LogP contribution in [0.3, 0.4) is 0 Å². The van der Waals surface area contributed by atoms with Gasteiger partial charge in [-0.25, -0.2) is 4.98 Å². The van der Waals surface area contributed by atoms with Crippen LogP contribution in [-0.2, 0) is 31.4 Å². The number of alkyl halides is 3. The Hall–Kier alpha value is -2.82. The molecule has 0 unspecified atom stereocenters. The molecule has 0 atom stereocenters. The molecule has 1 aliphatic rings. The first-order valence-corrected chi connectivity index (χ1v) is 9.36. The highest BCUT2D eigenvalue weighted by Gasteiger charge is 2.35. The summed E-state index contributed by atoms with van der Waals surface area (Å²) in [6.45, 7) is 3.50. The lowest BCUT2D eigenvalue weighted by Gasteiger charge is -2.22. The van der Waals surface area contributed by atoms with Gasteiger partial charge in [-0.1, -0.05) is 24.3 Å². The standard InChI is InChI=1S/C19H21BF3N3O4/c1-12(2)26-9-15(19(21,22)23)24-18(26)14-6-4-13(5-7-14)8-20-29-16(27)10-25(3)11-17(28)30-20/h4-7,9,12H,8,10-11H2,1-3H3. The van der Waals surface area contributed by atoms with Crippen LogP contribution in [0, 0.1) is 0 Å². The maximum Gasteiger partial charge on any atom is 0.603 e. The lowest BCUT2D eigenvalue weighted by atomic mass is 9.80. The molecule has 0 spiro atoms. The Bertz CT molecular complexity index is 908. The van der Waals surface area contributed by atoms with Gasteiger partial charge in [0.15, 0.2) is 5.69 Å². The van der Waals surface area contributed by atoms with Gasteiger partial charge in [-0.05, 0) is 26.5 Å². The lowest BCUT2D eigenvalue weighted by molar-refractivity contribution is -0.146. The minimum atomic E-state index is -4.53. The van der Waals surface area contributed by atoms with E-state index < -0.39 is 30.9 Å². The predicted molar refractivity (Wildman–Crippen MR) is 102 cm³/mol. The zero-order valence-electron chi connectivity index (χ0n) is 16.8. The monoisotopic (exact) mass is 423 g/mol. The molecule has 1 saturated heterocycles. The van der Waals surface area contributed by atoms with E-state index in [1.165, 1.54) is 9.47 Å². The SMILES string of the molecule is CC(C)n1cc(C(F)(F)F)nc1-c1ccc(CB2OC(=O)CN(C)CC(=O)O2)cc1. The fourth-order valence-electron chi connectivity index (χ4n) is 3.09. The first-order valence-electron chi connectivity index (χ1n) is 9.36. The van der Waals surface area contributed by atoms with Crippen LogP contribution in [0.4, 0.5) is 13.2 Å². The third-order valence-corrected chi connectivity index (χ3v) is 4.52. The number of benzene rings is 1. The molecular formula is C19H21BF3N3O4. The van der Waals surface area contributed by atoms with E-state index in [-0.39, 0.29) is 31.3 Å². The van der Waals surface area contributed by atoms with Crippen LogP contribution >= 0.6 is 0 Å². The van der Waals surface area contributed by atoms with E-state index in [4.69, 9.17) is 9.31 Å². The smallest absolute Gasteiger partial charge is 0.498 e. The molecule has 7 nitrogen and oxygen atoms in total. The van der Waals surface area contributed by atoms with Crippen molar-refractivity contribution in [2.24, 2.45) is 0 Å². The molecule has 0 saturated carbocycles. The highest BCUT2D eigenvalue weighted by Crippen LogP contribution is 2.32. The largest absolute Gasteiger partial charge is 0.603 e. The Balaban J connectivity index is 1.79. The molecule has 1 aromatic heterocycles. The fraction of sp³-hybridized carbons (Fsp3) is 0.421. The van der Waals surface area contributed by atoms with Crippen LogP contribution in [0.15, 0.2) is 30.5 Å². The maximum absolute atomic E-state index is 13.1. The quantitative estimate of drug-likeness (QED) is 0.705. The Kier molecular flexibility index (Phi) is 6.21. The predicted octanol–water partition coefficient (Wildman–Crippen LogP) is 2.75. The second-order valence-electron chi connectivity index (χ2n) is 7.43. The molecule has 0 amide bonds. The summed E-state index contributed by atoms with van der Waals surface area (Å²) in [5, 5.41) is 0. The van der Waals surface area contributed by atoms with Crippen molar-refractivity contribution in [3.05, 3.63) is 41.7 Å². The van der Waals surface area contributed by atoms with Gasteiger partial charge in [0.2, 0.25) is 0 Å². The van der Waals surface area contributed by atoms with Gasteiger partial charge in [0.1, 0.15) is 5.82 Å². The Labute approximate surface area is 171 Å². The van der Waals surface area contributed by atoms with E-state index in [1.54, 1.807) is 45.2 Å². The molecule has 11 heteroatoms. The summed E-state index contributed by atoms with van der Waals surface area (Å²) in [6.07, 6.45) is -3.40. The fourth-order valence-corrected chi connectivity index (χ4v) is 3.09. The van der Waals surface area contributed by atoms with Crippen molar-refractivity contribution in [1.82, 2.24) is 14.5 Å². The molecule has 1 aromatic carbocycles. The van der Waals surface area contributed by atoms with Crippen LogP contribution in [0.5, 0.6) is 0 Å². The number of likely N-dealkylation sites (N-methyl/N-ethyl adjacent to an activating group) is 1. The summed E-state index contributed by atoms with van der Waals surface area (Å²) in [7, 11) is 0.548. The number of halogens is 3. The maximum atomic E-state index is 13.1. The molecule has 1 fully saturated rings. The zero-order chi connectivity index (χ0) is 22.1. The molecule has 30 heavy (non-hydrogen) atoms. The van der Waals surface area contributed by atoms with Gasteiger partial charge in [0.25, 0.3) is 0 Å². The molecule has 0 aliphatic carbocycles. The summed E-state index contributed by atoms with van der Waals surface area (Å²) in [6, 6.07) is 6.41. The average Bonchev–Trinajstić information content (AvgIpc) is 3.06. The van der Waals surface area contributed by atoms with Gasteiger partial charge in [0.05, 0.1) is 13.1 Å². The normalized spacial score (nSPS) is 16.3. The summed E-state index contributed by atoms with van der Waals surface area (Å²) < 4.78 is 51.0. The molecule has 0 bridgehead atoms. The van der Waals surface area contributed by atoms with E-state index in [9.17, 15) is 22.8 Å². The molecular weight excluding hydrogens is 402 g/mol. The van der Waals surface area contributed by atoms with E-state index >= 15 is 0 Å². The van der Waals surface area contributed by atoms with E-state index in [2.05, 4.69) is 4.98 Å². The van der Waals surface area contributed by atoms with Crippen molar-refractivity contribution in [2.45, 2.75) is 32.4 Å². The number of hydrogen-bond acceptors (Lipinski definition) is 6. The Morgan fingerprint density at radius 1 is 1.10 bits per heavy atom. The van der Waals surface area contributed by atoms with Crippen molar-refractivity contribution in [3.63, 3.8) is 0 Å². The minimum absolute atomic E-state index is 0.0239. The molecule has 2 aromatic rings. The van der Waals surface area contributed by atoms with Gasteiger partial charge < -0.3 is 13.9 Å². The average molecular weight is 423 g/mol. The first kappa shape index (κ1) is 21.9. The Morgan fingerprint density at radius 2 is 1.67 bits per heavy atom. The third-order valence-electron chi connectivity index (χ3n) is 4.52. The topological polar surface area (TPSA) is 73.7 Å².